The van der Waals surface area contributed by atoms with Crippen LogP contribution in [0.2, 0.25) is 0 Å². The van der Waals surface area contributed by atoms with Gasteiger partial charge in [0.1, 0.15) is 0 Å². The van der Waals surface area contributed by atoms with E-state index in [2.05, 4.69) is 64.2 Å². The van der Waals surface area contributed by atoms with Crippen LogP contribution >= 0.6 is 11.3 Å². The second kappa shape index (κ2) is 6.70. The Labute approximate surface area is 150 Å². The van der Waals surface area contributed by atoms with Crippen molar-refractivity contribution >= 4 is 27.1 Å². The summed E-state index contributed by atoms with van der Waals surface area (Å²) in [5.74, 6) is 0. The van der Waals surface area contributed by atoms with E-state index in [4.69, 9.17) is 5.73 Å². The van der Waals surface area contributed by atoms with Gasteiger partial charge in [-0.3, -0.25) is 0 Å². The molecule has 0 spiro atoms. The van der Waals surface area contributed by atoms with Crippen molar-refractivity contribution in [2.45, 2.75) is 6.04 Å². The van der Waals surface area contributed by atoms with Crippen LogP contribution in [-0.4, -0.2) is 16.1 Å². The summed E-state index contributed by atoms with van der Waals surface area (Å²) in [4.78, 5) is 4.19. The van der Waals surface area contributed by atoms with E-state index < -0.39 is 0 Å². The third-order valence-electron chi connectivity index (χ3n) is 4.46. The van der Waals surface area contributed by atoms with Crippen LogP contribution in [0, 0.1) is 0 Å². The van der Waals surface area contributed by atoms with Crippen LogP contribution in [0.1, 0.15) is 11.6 Å². The predicted octanol–water partition coefficient (Wildman–Crippen LogP) is 4.41. The maximum atomic E-state index is 6.10. The highest BCUT2D eigenvalue weighted by molar-refractivity contribution is 7.14. The van der Waals surface area contributed by atoms with E-state index in [1.54, 1.807) is 11.3 Å². The maximum Gasteiger partial charge on any atom is 0.0948 e. The molecule has 4 nitrogen and oxygen atoms in total. The Morgan fingerprint density at radius 1 is 1.20 bits per heavy atom. The van der Waals surface area contributed by atoms with E-state index in [9.17, 15) is 0 Å². The van der Waals surface area contributed by atoms with Gasteiger partial charge in [0.15, 0.2) is 0 Å². The molecule has 0 amide bonds. The summed E-state index contributed by atoms with van der Waals surface area (Å²) in [6.45, 7) is 0.535. The lowest BCUT2D eigenvalue weighted by atomic mass is 9.99. The standard InChI is InChI=1S/C20H20N4S/c1-24-13-22-11-19(24)15-9-20(25-12-15)23-18(10-21)17-8-4-6-14-5-2-3-7-16(14)17/h2-9,11-13,18,23H,10,21H2,1H3. The summed E-state index contributed by atoms with van der Waals surface area (Å²) < 4.78 is 2.02. The number of thiophene rings is 1. The summed E-state index contributed by atoms with van der Waals surface area (Å²) in [5.41, 5.74) is 9.61. The molecule has 126 valence electrons. The summed E-state index contributed by atoms with van der Waals surface area (Å²) >= 11 is 1.69. The first kappa shape index (κ1) is 15.9. The quantitative estimate of drug-likeness (QED) is 0.561. The smallest absolute Gasteiger partial charge is 0.0948 e. The minimum atomic E-state index is 0.0733. The van der Waals surface area contributed by atoms with Gasteiger partial charge in [-0.15, -0.1) is 11.3 Å². The second-order valence-corrected chi connectivity index (χ2v) is 7.00. The Balaban J connectivity index is 1.64. The first-order valence-corrected chi connectivity index (χ1v) is 9.13. The third kappa shape index (κ3) is 3.04. The number of nitrogens with two attached hydrogens (primary N) is 1. The average molecular weight is 348 g/mol. The van der Waals surface area contributed by atoms with Crippen LogP contribution in [0.15, 0.2) is 66.4 Å². The fourth-order valence-electron chi connectivity index (χ4n) is 3.17. The Morgan fingerprint density at radius 2 is 2.04 bits per heavy atom. The van der Waals surface area contributed by atoms with E-state index in [1.165, 1.54) is 21.9 Å². The van der Waals surface area contributed by atoms with E-state index in [1.807, 2.05) is 24.1 Å². The third-order valence-corrected chi connectivity index (χ3v) is 5.32. The molecule has 0 saturated carbocycles. The maximum absolute atomic E-state index is 6.10. The zero-order valence-electron chi connectivity index (χ0n) is 14.0. The molecule has 0 aliphatic carbocycles. The SMILES string of the molecule is Cn1cncc1-c1csc(NC(CN)c2cccc3ccccc23)c1. The van der Waals surface area contributed by atoms with Gasteiger partial charge in [0, 0.05) is 24.5 Å². The van der Waals surface area contributed by atoms with Crippen LogP contribution in [-0.2, 0) is 7.05 Å². The van der Waals surface area contributed by atoms with Gasteiger partial charge in [0.05, 0.1) is 29.3 Å². The highest BCUT2D eigenvalue weighted by atomic mass is 32.1. The topological polar surface area (TPSA) is 55.9 Å². The lowest BCUT2D eigenvalue weighted by Gasteiger charge is -2.19. The van der Waals surface area contributed by atoms with Gasteiger partial charge >= 0.3 is 0 Å². The number of fused-ring (bicyclic) bond motifs is 1. The molecule has 0 fully saturated rings. The lowest BCUT2D eigenvalue weighted by Crippen LogP contribution is -2.20. The van der Waals surface area contributed by atoms with Crippen molar-refractivity contribution in [3.8, 4) is 11.3 Å². The highest BCUT2D eigenvalue weighted by Gasteiger charge is 2.14. The number of nitrogens with zero attached hydrogens (tertiary/aromatic N) is 2. The van der Waals surface area contributed by atoms with Crippen molar-refractivity contribution < 1.29 is 0 Å². The summed E-state index contributed by atoms with van der Waals surface area (Å²) in [7, 11) is 2.01. The van der Waals surface area contributed by atoms with Gasteiger partial charge in [-0.05, 0) is 22.4 Å². The van der Waals surface area contributed by atoms with Crippen molar-refractivity contribution in [3.63, 3.8) is 0 Å². The van der Waals surface area contributed by atoms with E-state index in [0.29, 0.717) is 6.54 Å². The Morgan fingerprint density at radius 3 is 2.84 bits per heavy atom. The molecule has 4 rings (SSSR count). The van der Waals surface area contributed by atoms with Crippen molar-refractivity contribution in [1.29, 1.82) is 0 Å². The molecule has 3 N–H and O–H groups in total. The number of aromatic nitrogens is 2. The minimum absolute atomic E-state index is 0.0733. The van der Waals surface area contributed by atoms with Gasteiger partial charge in [0.25, 0.3) is 0 Å². The molecule has 0 bridgehead atoms. The molecule has 0 saturated heterocycles. The molecule has 2 heterocycles. The molecule has 0 radical (unpaired) electrons. The summed E-state index contributed by atoms with van der Waals surface area (Å²) in [5, 5.41) is 9.35. The van der Waals surface area contributed by atoms with Crippen LogP contribution in [0.25, 0.3) is 22.0 Å². The van der Waals surface area contributed by atoms with Crippen molar-refractivity contribution in [3.05, 3.63) is 72.0 Å². The summed E-state index contributed by atoms with van der Waals surface area (Å²) in [6.07, 6.45) is 3.70. The van der Waals surface area contributed by atoms with Gasteiger partial charge in [-0.2, -0.15) is 0 Å². The summed E-state index contributed by atoms with van der Waals surface area (Å²) in [6, 6.07) is 17.1. The minimum Gasteiger partial charge on any atom is -0.369 e. The molecule has 4 aromatic rings. The molecule has 5 heteroatoms. The first-order valence-electron chi connectivity index (χ1n) is 8.26. The largest absolute Gasteiger partial charge is 0.369 e. The fraction of sp³-hybridized carbons (Fsp3) is 0.150. The monoisotopic (exact) mass is 348 g/mol. The van der Waals surface area contributed by atoms with E-state index >= 15 is 0 Å². The number of anilines is 1. The zero-order chi connectivity index (χ0) is 17.2. The number of aryl methyl sites for hydroxylation is 1. The predicted molar refractivity (Wildman–Crippen MR) is 106 cm³/mol. The fourth-order valence-corrected chi connectivity index (χ4v) is 4.02. The average Bonchev–Trinajstić information content (AvgIpc) is 3.28. The number of benzene rings is 2. The van der Waals surface area contributed by atoms with Crippen molar-refractivity contribution in [2.75, 3.05) is 11.9 Å². The van der Waals surface area contributed by atoms with Gasteiger partial charge in [-0.25, -0.2) is 4.98 Å². The van der Waals surface area contributed by atoms with E-state index in [-0.39, 0.29) is 6.04 Å². The lowest BCUT2D eigenvalue weighted by molar-refractivity contribution is 0.800. The Hall–Kier alpha value is -2.63. The second-order valence-electron chi connectivity index (χ2n) is 6.09. The van der Waals surface area contributed by atoms with Gasteiger partial charge < -0.3 is 15.6 Å². The van der Waals surface area contributed by atoms with Crippen molar-refractivity contribution in [2.24, 2.45) is 12.8 Å². The highest BCUT2D eigenvalue weighted by Crippen LogP contribution is 2.32. The number of hydrogen-bond donors (Lipinski definition) is 2. The van der Waals surface area contributed by atoms with Crippen molar-refractivity contribution in [1.82, 2.24) is 9.55 Å². The molecule has 0 aliphatic heterocycles. The number of nitrogens with one attached hydrogen (secondary N) is 1. The number of hydrogen-bond acceptors (Lipinski definition) is 4. The number of imidazole rings is 1. The molecule has 2 aromatic heterocycles. The van der Waals surface area contributed by atoms with E-state index in [0.717, 1.165) is 10.7 Å². The molecular formula is C20H20N4S. The molecule has 1 atom stereocenters. The van der Waals surface area contributed by atoms with Crippen LogP contribution < -0.4 is 11.1 Å². The van der Waals surface area contributed by atoms with Crippen LogP contribution in [0.4, 0.5) is 5.00 Å². The Kier molecular flexibility index (Phi) is 4.26. The first-order chi connectivity index (χ1) is 12.3. The molecule has 1 unspecified atom stereocenters. The zero-order valence-corrected chi connectivity index (χ0v) is 14.8. The molecule has 2 aromatic carbocycles. The van der Waals surface area contributed by atoms with Crippen LogP contribution in [0.3, 0.4) is 0 Å². The van der Waals surface area contributed by atoms with Gasteiger partial charge in [0.2, 0.25) is 0 Å². The van der Waals surface area contributed by atoms with Crippen LogP contribution in [0.5, 0.6) is 0 Å². The molecule has 0 aliphatic rings. The number of rotatable bonds is 5. The normalized spacial score (nSPS) is 12.4. The van der Waals surface area contributed by atoms with Gasteiger partial charge in [-0.1, -0.05) is 42.5 Å². The Bertz CT molecular complexity index is 996. The molecule has 25 heavy (non-hydrogen) atoms. The molecular weight excluding hydrogens is 328 g/mol.